The van der Waals surface area contributed by atoms with Crippen LogP contribution in [0.4, 0.5) is 5.82 Å². The van der Waals surface area contributed by atoms with Crippen molar-refractivity contribution in [2.45, 2.75) is 19.3 Å². The van der Waals surface area contributed by atoms with Gasteiger partial charge in [0.1, 0.15) is 0 Å². The number of halogens is 1. The minimum absolute atomic E-state index is 0.145. The quantitative estimate of drug-likeness (QED) is 0.763. The third kappa shape index (κ3) is 3.82. The van der Waals surface area contributed by atoms with Crippen molar-refractivity contribution in [3.8, 4) is 5.88 Å². The van der Waals surface area contributed by atoms with Gasteiger partial charge in [0.25, 0.3) is 0 Å². The highest BCUT2D eigenvalue weighted by Gasteiger charge is 2.35. The Hall–Kier alpha value is -2.15. The average Bonchev–Trinajstić information content (AvgIpc) is 2.67. The standard InChI is InChI=1S/C19H23BrN4O2/c1-19(2,14-5-4-6-15(20)11-14)18(25)24-9-7-23(8-10-24)16-12-21-13-17(22-16)26-3/h4-6,11-13H,7-10H2,1-3H3. The number of hydrogen-bond donors (Lipinski definition) is 0. The third-order valence-electron chi connectivity index (χ3n) is 4.78. The molecule has 6 nitrogen and oxygen atoms in total. The van der Waals surface area contributed by atoms with E-state index in [1.165, 1.54) is 0 Å². The number of carbonyl (C=O) groups excluding carboxylic acids is 1. The summed E-state index contributed by atoms with van der Waals surface area (Å²) in [5.41, 5.74) is 0.444. The molecule has 0 radical (unpaired) electrons. The van der Waals surface area contributed by atoms with Gasteiger partial charge in [-0.2, -0.15) is 4.98 Å². The van der Waals surface area contributed by atoms with Crippen molar-refractivity contribution in [3.05, 3.63) is 46.7 Å². The molecule has 7 heteroatoms. The molecule has 1 fully saturated rings. The Morgan fingerprint density at radius 1 is 1.19 bits per heavy atom. The van der Waals surface area contributed by atoms with Crippen LogP contribution in [0.15, 0.2) is 41.1 Å². The van der Waals surface area contributed by atoms with Gasteiger partial charge in [-0.3, -0.25) is 9.78 Å². The van der Waals surface area contributed by atoms with Crippen molar-refractivity contribution >= 4 is 27.7 Å². The highest BCUT2D eigenvalue weighted by Crippen LogP contribution is 2.28. The van der Waals surface area contributed by atoms with Crippen LogP contribution in [0.1, 0.15) is 19.4 Å². The number of amides is 1. The van der Waals surface area contributed by atoms with E-state index in [1.54, 1.807) is 19.5 Å². The minimum Gasteiger partial charge on any atom is -0.480 e. The molecule has 26 heavy (non-hydrogen) atoms. The van der Waals surface area contributed by atoms with Crippen LogP contribution in [-0.4, -0.2) is 54.1 Å². The van der Waals surface area contributed by atoms with E-state index in [1.807, 2.05) is 43.0 Å². The maximum atomic E-state index is 13.1. The molecule has 1 aromatic carbocycles. The Labute approximate surface area is 162 Å². The molecule has 3 rings (SSSR count). The van der Waals surface area contributed by atoms with E-state index in [0.29, 0.717) is 19.0 Å². The number of aromatic nitrogens is 2. The van der Waals surface area contributed by atoms with Crippen molar-refractivity contribution in [2.75, 3.05) is 38.2 Å². The zero-order chi connectivity index (χ0) is 18.7. The lowest BCUT2D eigenvalue weighted by molar-refractivity contribution is -0.136. The summed E-state index contributed by atoms with van der Waals surface area (Å²) in [5.74, 6) is 1.42. The molecular weight excluding hydrogens is 396 g/mol. The summed E-state index contributed by atoms with van der Waals surface area (Å²) in [6, 6.07) is 7.95. The number of piperazine rings is 1. The Balaban J connectivity index is 1.68. The first kappa shape index (κ1) is 18.6. The van der Waals surface area contributed by atoms with Crippen molar-refractivity contribution in [1.29, 1.82) is 0 Å². The van der Waals surface area contributed by atoms with Gasteiger partial charge in [-0.05, 0) is 31.5 Å². The molecule has 0 N–H and O–H groups in total. The van der Waals surface area contributed by atoms with E-state index in [2.05, 4.69) is 30.8 Å². The SMILES string of the molecule is COc1cncc(N2CCN(C(=O)C(C)(C)c3cccc(Br)c3)CC2)n1. The van der Waals surface area contributed by atoms with Crippen molar-refractivity contribution in [2.24, 2.45) is 0 Å². The average molecular weight is 419 g/mol. The van der Waals surface area contributed by atoms with Crippen molar-refractivity contribution in [3.63, 3.8) is 0 Å². The monoisotopic (exact) mass is 418 g/mol. The summed E-state index contributed by atoms with van der Waals surface area (Å²) >= 11 is 3.49. The predicted molar refractivity (Wildman–Crippen MR) is 105 cm³/mol. The fourth-order valence-electron chi connectivity index (χ4n) is 3.12. The third-order valence-corrected chi connectivity index (χ3v) is 5.27. The van der Waals surface area contributed by atoms with Crippen LogP contribution in [0, 0.1) is 0 Å². The van der Waals surface area contributed by atoms with Gasteiger partial charge >= 0.3 is 0 Å². The van der Waals surface area contributed by atoms with Crippen LogP contribution < -0.4 is 9.64 Å². The van der Waals surface area contributed by atoms with E-state index in [9.17, 15) is 4.79 Å². The molecule has 1 saturated heterocycles. The Morgan fingerprint density at radius 2 is 1.92 bits per heavy atom. The number of methoxy groups -OCH3 is 1. The van der Waals surface area contributed by atoms with Crippen LogP contribution in [-0.2, 0) is 10.2 Å². The van der Waals surface area contributed by atoms with Crippen LogP contribution in [0.2, 0.25) is 0 Å². The largest absolute Gasteiger partial charge is 0.480 e. The summed E-state index contributed by atoms with van der Waals surface area (Å²) in [6.07, 6.45) is 3.31. The van der Waals surface area contributed by atoms with Crippen molar-refractivity contribution < 1.29 is 9.53 Å². The second kappa shape index (κ2) is 7.61. The molecule has 0 atom stereocenters. The molecule has 0 spiro atoms. The summed E-state index contributed by atoms with van der Waals surface area (Å²) in [5, 5.41) is 0. The lowest BCUT2D eigenvalue weighted by atomic mass is 9.83. The van der Waals surface area contributed by atoms with E-state index >= 15 is 0 Å². The molecule has 1 aliphatic heterocycles. The molecule has 1 aromatic heterocycles. The Bertz CT molecular complexity index is 789. The number of ether oxygens (including phenoxy) is 1. The predicted octanol–water partition coefficient (Wildman–Crippen LogP) is 2.87. The first-order chi connectivity index (χ1) is 12.4. The number of carbonyl (C=O) groups is 1. The summed E-state index contributed by atoms with van der Waals surface area (Å²) in [6.45, 7) is 6.74. The van der Waals surface area contributed by atoms with Crippen LogP contribution in [0.25, 0.3) is 0 Å². The van der Waals surface area contributed by atoms with Crippen LogP contribution in [0.5, 0.6) is 5.88 Å². The number of nitrogens with zero attached hydrogens (tertiary/aromatic N) is 4. The zero-order valence-corrected chi connectivity index (χ0v) is 16.9. The van der Waals surface area contributed by atoms with Gasteiger partial charge in [0.2, 0.25) is 11.8 Å². The van der Waals surface area contributed by atoms with E-state index < -0.39 is 5.41 Å². The van der Waals surface area contributed by atoms with Gasteiger partial charge in [-0.1, -0.05) is 28.1 Å². The first-order valence-electron chi connectivity index (χ1n) is 8.58. The molecule has 0 unspecified atom stereocenters. The first-order valence-corrected chi connectivity index (χ1v) is 9.37. The molecule has 2 heterocycles. The second-order valence-electron chi connectivity index (χ2n) is 6.83. The molecule has 2 aromatic rings. The smallest absolute Gasteiger partial charge is 0.233 e. The van der Waals surface area contributed by atoms with Crippen LogP contribution in [0.3, 0.4) is 0 Å². The summed E-state index contributed by atoms with van der Waals surface area (Å²) < 4.78 is 6.12. The topological polar surface area (TPSA) is 58.6 Å². The Morgan fingerprint density at radius 3 is 2.58 bits per heavy atom. The maximum Gasteiger partial charge on any atom is 0.233 e. The Kier molecular flexibility index (Phi) is 5.46. The molecule has 1 amide bonds. The number of hydrogen-bond acceptors (Lipinski definition) is 5. The van der Waals surface area contributed by atoms with E-state index in [0.717, 1.165) is 28.9 Å². The minimum atomic E-state index is -0.568. The van der Waals surface area contributed by atoms with Gasteiger partial charge < -0.3 is 14.5 Å². The van der Waals surface area contributed by atoms with Gasteiger partial charge in [-0.25, -0.2) is 0 Å². The van der Waals surface area contributed by atoms with Gasteiger partial charge in [0.05, 0.1) is 24.9 Å². The molecular formula is C19H23BrN4O2. The number of anilines is 1. The van der Waals surface area contributed by atoms with Gasteiger partial charge in [0, 0.05) is 30.7 Å². The highest BCUT2D eigenvalue weighted by molar-refractivity contribution is 9.10. The molecule has 0 saturated carbocycles. The van der Waals surface area contributed by atoms with Crippen LogP contribution >= 0.6 is 15.9 Å². The highest BCUT2D eigenvalue weighted by atomic mass is 79.9. The fourth-order valence-corrected chi connectivity index (χ4v) is 3.52. The lowest BCUT2D eigenvalue weighted by Crippen LogP contribution is -2.53. The zero-order valence-electron chi connectivity index (χ0n) is 15.3. The second-order valence-corrected chi connectivity index (χ2v) is 7.75. The summed E-state index contributed by atoms with van der Waals surface area (Å²) in [7, 11) is 1.58. The summed E-state index contributed by atoms with van der Waals surface area (Å²) in [4.78, 5) is 25.8. The number of benzene rings is 1. The van der Waals surface area contributed by atoms with Gasteiger partial charge in [0.15, 0.2) is 5.82 Å². The van der Waals surface area contributed by atoms with E-state index in [-0.39, 0.29) is 5.91 Å². The van der Waals surface area contributed by atoms with Crippen molar-refractivity contribution in [1.82, 2.24) is 14.9 Å². The van der Waals surface area contributed by atoms with E-state index in [4.69, 9.17) is 4.74 Å². The molecule has 0 bridgehead atoms. The number of rotatable bonds is 4. The molecule has 0 aliphatic carbocycles. The van der Waals surface area contributed by atoms with Gasteiger partial charge in [-0.15, -0.1) is 0 Å². The fraction of sp³-hybridized carbons (Fsp3) is 0.421. The maximum absolute atomic E-state index is 13.1. The molecule has 1 aliphatic rings. The molecule has 138 valence electrons. The lowest BCUT2D eigenvalue weighted by Gasteiger charge is -2.39. The normalized spacial score (nSPS) is 15.1.